The zero-order valence-electron chi connectivity index (χ0n) is 11.8. The van der Waals surface area contributed by atoms with E-state index in [1.54, 1.807) is 12.1 Å². The van der Waals surface area contributed by atoms with Crippen molar-refractivity contribution < 1.29 is 9.59 Å². The Kier molecular flexibility index (Phi) is 3.57. The topological polar surface area (TPSA) is 40.6 Å². The highest BCUT2D eigenvalue weighted by molar-refractivity contribution is 6.20. The number of nitrogens with zero attached hydrogens (tertiary/aromatic N) is 2. The number of hydrazine groups is 1. The minimum Gasteiger partial charge on any atom is -0.267 e. The highest BCUT2D eigenvalue weighted by atomic mass is 16.2. The van der Waals surface area contributed by atoms with E-state index in [0.29, 0.717) is 23.7 Å². The van der Waals surface area contributed by atoms with E-state index < -0.39 is 0 Å². The van der Waals surface area contributed by atoms with Gasteiger partial charge in [0.05, 0.1) is 11.1 Å². The Morgan fingerprint density at radius 1 is 1.05 bits per heavy atom. The highest BCUT2D eigenvalue weighted by Gasteiger charge is 2.40. The molecule has 0 aromatic heterocycles. The third-order valence-corrected chi connectivity index (χ3v) is 4.35. The van der Waals surface area contributed by atoms with Gasteiger partial charge in [0, 0.05) is 12.6 Å². The van der Waals surface area contributed by atoms with Gasteiger partial charge in [-0.15, -0.1) is 0 Å². The van der Waals surface area contributed by atoms with Gasteiger partial charge in [-0.1, -0.05) is 38.3 Å². The van der Waals surface area contributed by atoms with E-state index in [4.69, 9.17) is 0 Å². The van der Waals surface area contributed by atoms with Crippen LogP contribution in [0.5, 0.6) is 0 Å². The molecule has 1 aliphatic heterocycles. The molecule has 3 rings (SSSR count). The number of fused-ring (bicyclic) bond motifs is 1. The molecule has 0 N–H and O–H groups in total. The number of hydrogen-bond acceptors (Lipinski definition) is 3. The van der Waals surface area contributed by atoms with Crippen molar-refractivity contribution in [2.75, 3.05) is 6.54 Å². The Labute approximate surface area is 119 Å². The van der Waals surface area contributed by atoms with Crippen molar-refractivity contribution in [3.63, 3.8) is 0 Å². The van der Waals surface area contributed by atoms with E-state index in [1.807, 2.05) is 24.1 Å². The number of amides is 2. The Morgan fingerprint density at radius 2 is 1.60 bits per heavy atom. The second-order valence-corrected chi connectivity index (χ2v) is 5.52. The molecule has 0 spiro atoms. The summed E-state index contributed by atoms with van der Waals surface area (Å²) in [6, 6.07) is 7.42. The first-order valence-corrected chi connectivity index (χ1v) is 7.48. The molecule has 1 fully saturated rings. The molecule has 20 heavy (non-hydrogen) atoms. The van der Waals surface area contributed by atoms with Crippen LogP contribution in [0.1, 0.15) is 59.7 Å². The van der Waals surface area contributed by atoms with Crippen molar-refractivity contribution in [1.29, 1.82) is 0 Å². The summed E-state index contributed by atoms with van der Waals surface area (Å²) in [6.45, 7) is 2.70. The Hall–Kier alpha value is -1.68. The first-order valence-electron chi connectivity index (χ1n) is 7.48. The van der Waals surface area contributed by atoms with Crippen LogP contribution in [0.2, 0.25) is 0 Å². The van der Waals surface area contributed by atoms with Crippen LogP contribution in [-0.4, -0.2) is 34.4 Å². The van der Waals surface area contributed by atoms with Crippen LogP contribution in [0.15, 0.2) is 24.3 Å². The molecule has 2 amide bonds. The molecule has 0 atom stereocenters. The Balaban J connectivity index is 1.90. The fraction of sp³-hybridized carbons (Fsp3) is 0.500. The molecular formula is C16H20N2O2. The lowest BCUT2D eigenvalue weighted by Crippen LogP contribution is -2.52. The molecule has 1 aromatic rings. The molecule has 1 saturated carbocycles. The largest absolute Gasteiger partial charge is 0.276 e. The molecule has 0 bridgehead atoms. The van der Waals surface area contributed by atoms with Gasteiger partial charge >= 0.3 is 0 Å². The second-order valence-electron chi connectivity index (χ2n) is 5.52. The van der Waals surface area contributed by atoms with E-state index in [2.05, 4.69) is 0 Å². The van der Waals surface area contributed by atoms with Gasteiger partial charge in [-0.25, -0.2) is 10.0 Å². The third-order valence-electron chi connectivity index (χ3n) is 4.35. The Bertz CT molecular complexity index is 500. The predicted octanol–water partition coefficient (Wildman–Crippen LogP) is 2.85. The van der Waals surface area contributed by atoms with Crippen molar-refractivity contribution >= 4 is 11.8 Å². The standard InChI is InChI=1S/C16H20N2O2/c1-2-17(12-8-4-3-5-9-12)18-15(19)13-10-6-7-11-14(13)16(18)20/h6-7,10-12H,2-5,8-9H2,1H3. The average molecular weight is 272 g/mol. The van der Waals surface area contributed by atoms with Gasteiger partial charge in [-0.2, -0.15) is 0 Å². The number of rotatable bonds is 3. The van der Waals surface area contributed by atoms with Crippen LogP contribution in [0.4, 0.5) is 0 Å². The Morgan fingerprint density at radius 3 is 2.10 bits per heavy atom. The van der Waals surface area contributed by atoms with Crippen LogP contribution >= 0.6 is 0 Å². The van der Waals surface area contributed by atoms with Gasteiger partial charge < -0.3 is 0 Å². The maximum atomic E-state index is 12.5. The van der Waals surface area contributed by atoms with Crippen LogP contribution in [0.25, 0.3) is 0 Å². The zero-order valence-corrected chi connectivity index (χ0v) is 11.8. The molecule has 0 unspecified atom stereocenters. The smallest absolute Gasteiger partial charge is 0.267 e. The fourth-order valence-corrected chi connectivity index (χ4v) is 3.35. The van der Waals surface area contributed by atoms with Crippen molar-refractivity contribution in [2.45, 2.75) is 45.1 Å². The second kappa shape index (κ2) is 5.37. The SMILES string of the molecule is CCN(C1CCCCC1)N1C(=O)c2ccccc2C1=O. The minimum absolute atomic E-state index is 0.168. The molecule has 1 aliphatic carbocycles. The van der Waals surface area contributed by atoms with E-state index in [9.17, 15) is 9.59 Å². The van der Waals surface area contributed by atoms with Crippen LogP contribution in [-0.2, 0) is 0 Å². The minimum atomic E-state index is -0.168. The summed E-state index contributed by atoms with van der Waals surface area (Å²) < 4.78 is 0. The molecule has 4 nitrogen and oxygen atoms in total. The van der Waals surface area contributed by atoms with E-state index in [-0.39, 0.29) is 11.8 Å². The molecule has 1 heterocycles. The summed E-state index contributed by atoms with van der Waals surface area (Å²) in [4.78, 5) is 25.0. The summed E-state index contributed by atoms with van der Waals surface area (Å²) in [5.41, 5.74) is 1.07. The quantitative estimate of drug-likeness (QED) is 0.794. The molecule has 0 radical (unpaired) electrons. The summed E-state index contributed by atoms with van der Waals surface area (Å²) in [5, 5.41) is 3.35. The number of hydrogen-bond donors (Lipinski definition) is 0. The van der Waals surface area contributed by atoms with Gasteiger partial charge in [0.1, 0.15) is 0 Å². The van der Waals surface area contributed by atoms with Crippen molar-refractivity contribution in [1.82, 2.24) is 10.0 Å². The number of carbonyl (C=O) groups is 2. The van der Waals surface area contributed by atoms with Crippen molar-refractivity contribution in [2.24, 2.45) is 0 Å². The monoisotopic (exact) mass is 272 g/mol. The van der Waals surface area contributed by atoms with E-state index in [1.165, 1.54) is 24.3 Å². The fourth-order valence-electron chi connectivity index (χ4n) is 3.35. The third kappa shape index (κ3) is 2.04. The van der Waals surface area contributed by atoms with Gasteiger partial charge in [-0.05, 0) is 25.0 Å². The summed E-state index contributed by atoms with van der Waals surface area (Å²) in [5.74, 6) is -0.337. The summed E-state index contributed by atoms with van der Waals surface area (Å²) in [6.07, 6.45) is 5.77. The molecular weight excluding hydrogens is 252 g/mol. The molecule has 0 saturated heterocycles. The van der Waals surface area contributed by atoms with Crippen LogP contribution < -0.4 is 0 Å². The lowest BCUT2D eigenvalue weighted by atomic mass is 9.95. The maximum Gasteiger partial charge on any atom is 0.276 e. The lowest BCUT2D eigenvalue weighted by molar-refractivity contribution is -0.0262. The first kappa shape index (κ1) is 13.3. The van der Waals surface area contributed by atoms with Crippen molar-refractivity contribution in [3.8, 4) is 0 Å². The zero-order chi connectivity index (χ0) is 14.1. The van der Waals surface area contributed by atoms with Crippen molar-refractivity contribution in [3.05, 3.63) is 35.4 Å². The summed E-state index contributed by atoms with van der Waals surface area (Å²) in [7, 11) is 0. The summed E-state index contributed by atoms with van der Waals surface area (Å²) >= 11 is 0. The maximum absolute atomic E-state index is 12.5. The predicted molar refractivity (Wildman–Crippen MR) is 76.2 cm³/mol. The molecule has 4 heteroatoms. The lowest BCUT2D eigenvalue weighted by Gasteiger charge is -2.38. The van der Waals surface area contributed by atoms with Gasteiger partial charge in [0.2, 0.25) is 0 Å². The number of imide groups is 1. The normalized spacial score (nSPS) is 19.8. The van der Waals surface area contributed by atoms with Gasteiger partial charge in [0.25, 0.3) is 11.8 Å². The van der Waals surface area contributed by atoms with Gasteiger partial charge in [0.15, 0.2) is 0 Å². The first-order chi connectivity index (χ1) is 9.74. The molecule has 106 valence electrons. The number of benzene rings is 1. The molecule has 2 aliphatic rings. The number of carbonyl (C=O) groups excluding carboxylic acids is 2. The average Bonchev–Trinajstić information content (AvgIpc) is 2.75. The van der Waals surface area contributed by atoms with Crippen LogP contribution in [0, 0.1) is 0 Å². The highest BCUT2D eigenvalue weighted by Crippen LogP contribution is 2.29. The molecule has 1 aromatic carbocycles. The van der Waals surface area contributed by atoms with Gasteiger partial charge in [-0.3, -0.25) is 9.59 Å². The van der Waals surface area contributed by atoms with Crippen LogP contribution in [0.3, 0.4) is 0 Å². The van der Waals surface area contributed by atoms with E-state index in [0.717, 1.165) is 12.8 Å². The van der Waals surface area contributed by atoms with E-state index >= 15 is 0 Å².